The van der Waals surface area contributed by atoms with Crippen molar-refractivity contribution in [3.8, 4) is 5.82 Å². The molecule has 0 amide bonds. The Morgan fingerprint density at radius 2 is 2.40 bits per heavy atom. The Morgan fingerprint density at radius 3 is 3.00 bits per heavy atom. The molecule has 2 heterocycles. The van der Waals surface area contributed by atoms with Gasteiger partial charge in [-0.25, -0.2) is 14.6 Å². The number of hydrogen-bond acceptors (Lipinski definition) is 4. The molecule has 0 bridgehead atoms. The van der Waals surface area contributed by atoms with Crippen molar-refractivity contribution < 1.29 is 0 Å². The third-order valence-corrected chi connectivity index (χ3v) is 1.78. The van der Waals surface area contributed by atoms with Gasteiger partial charge in [-0.1, -0.05) is 11.2 Å². The first-order valence-corrected chi connectivity index (χ1v) is 4.21. The molecule has 0 radical (unpaired) electrons. The molecule has 0 aromatic carbocycles. The summed E-state index contributed by atoms with van der Waals surface area (Å²) in [6.45, 7) is 0.307. The number of aromatic nitrogens is 4. The van der Waals surface area contributed by atoms with Crippen LogP contribution in [0.25, 0.3) is 16.3 Å². The van der Waals surface area contributed by atoms with Crippen LogP contribution in [-0.2, 0) is 6.54 Å². The molecule has 2 aromatic heterocycles. The van der Waals surface area contributed by atoms with Crippen molar-refractivity contribution in [3.63, 3.8) is 0 Å². The molecule has 0 aliphatic rings. The minimum Gasteiger partial charge on any atom is -0.237 e. The van der Waals surface area contributed by atoms with E-state index >= 15 is 0 Å². The first-order valence-electron chi connectivity index (χ1n) is 4.21. The summed E-state index contributed by atoms with van der Waals surface area (Å²) in [5.74, 6) is 0.678. The monoisotopic (exact) mass is 201 g/mol. The summed E-state index contributed by atoms with van der Waals surface area (Å²) in [4.78, 5) is 10.6. The van der Waals surface area contributed by atoms with E-state index in [2.05, 4.69) is 25.1 Å². The molecule has 0 unspecified atom stereocenters. The molecule has 74 valence electrons. The normalized spacial score (nSPS) is 9.60. The molecule has 0 fully saturated rings. The minimum absolute atomic E-state index is 0.307. The lowest BCUT2D eigenvalue weighted by Gasteiger charge is -1.99. The summed E-state index contributed by atoms with van der Waals surface area (Å²) < 4.78 is 1.55. The third kappa shape index (κ3) is 2.09. The van der Waals surface area contributed by atoms with Crippen LogP contribution >= 0.6 is 0 Å². The van der Waals surface area contributed by atoms with Gasteiger partial charge >= 0.3 is 0 Å². The summed E-state index contributed by atoms with van der Waals surface area (Å²) in [6.07, 6.45) is 4.65. The maximum Gasteiger partial charge on any atom is 0.155 e. The second-order valence-electron chi connectivity index (χ2n) is 2.75. The van der Waals surface area contributed by atoms with Crippen LogP contribution in [0.15, 0.2) is 36.1 Å². The van der Waals surface area contributed by atoms with Gasteiger partial charge < -0.3 is 0 Å². The van der Waals surface area contributed by atoms with E-state index in [0.717, 1.165) is 5.56 Å². The number of hydrogen-bond donors (Lipinski definition) is 0. The molecule has 2 rings (SSSR count). The Morgan fingerprint density at radius 1 is 1.47 bits per heavy atom. The van der Waals surface area contributed by atoms with E-state index in [1.54, 1.807) is 23.3 Å². The summed E-state index contributed by atoms with van der Waals surface area (Å²) >= 11 is 0. The molecular weight excluding hydrogens is 194 g/mol. The van der Waals surface area contributed by atoms with Gasteiger partial charge in [0, 0.05) is 11.1 Å². The second-order valence-corrected chi connectivity index (χ2v) is 2.75. The average molecular weight is 201 g/mol. The molecule has 0 aliphatic heterocycles. The Kier molecular flexibility index (Phi) is 2.57. The summed E-state index contributed by atoms with van der Waals surface area (Å²) in [6, 6.07) is 3.62. The smallest absolute Gasteiger partial charge is 0.155 e. The lowest BCUT2D eigenvalue weighted by atomic mass is 10.3. The molecule has 0 saturated carbocycles. The van der Waals surface area contributed by atoms with Crippen LogP contribution in [0.5, 0.6) is 0 Å². The zero-order valence-electron chi connectivity index (χ0n) is 7.72. The van der Waals surface area contributed by atoms with Gasteiger partial charge in [0.2, 0.25) is 0 Å². The van der Waals surface area contributed by atoms with Crippen LogP contribution in [0, 0.1) is 0 Å². The average Bonchev–Trinajstić information content (AvgIpc) is 2.80. The molecule has 7 heteroatoms. The molecule has 0 atom stereocenters. The minimum atomic E-state index is 0.307. The highest BCUT2D eigenvalue weighted by Crippen LogP contribution is 2.04. The van der Waals surface area contributed by atoms with E-state index in [1.807, 2.05) is 6.07 Å². The highest BCUT2D eigenvalue weighted by Gasteiger charge is 1.97. The zero-order valence-corrected chi connectivity index (χ0v) is 7.72. The molecule has 0 spiro atoms. The first-order chi connectivity index (χ1) is 7.40. The van der Waals surface area contributed by atoms with Crippen molar-refractivity contribution >= 4 is 0 Å². The Labute approximate surface area is 85.0 Å². The van der Waals surface area contributed by atoms with Crippen molar-refractivity contribution in [2.75, 3.05) is 0 Å². The zero-order chi connectivity index (χ0) is 10.5. The summed E-state index contributed by atoms with van der Waals surface area (Å²) in [5, 5.41) is 7.38. The SMILES string of the molecule is [N-]=[N+]=NCc1ccc(-n2cncn2)nc1. The molecular formula is C8H7N7. The van der Waals surface area contributed by atoms with Crippen LogP contribution in [0.2, 0.25) is 0 Å². The van der Waals surface area contributed by atoms with Crippen molar-refractivity contribution in [1.82, 2.24) is 19.7 Å². The number of pyridine rings is 1. The van der Waals surface area contributed by atoms with E-state index in [9.17, 15) is 0 Å². The van der Waals surface area contributed by atoms with Crippen LogP contribution in [0.3, 0.4) is 0 Å². The maximum atomic E-state index is 8.15. The van der Waals surface area contributed by atoms with Crippen molar-refractivity contribution in [1.29, 1.82) is 0 Å². The Balaban J connectivity index is 2.21. The highest BCUT2D eigenvalue weighted by molar-refractivity contribution is 5.23. The fourth-order valence-electron chi connectivity index (χ4n) is 1.09. The van der Waals surface area contributed by atoms with Gasteiger partial charge in [-0.3, -0.25) is 0 Å². The quantitative estimate of drug-likeness (QED) is 0.427. The van der Waals surface area contributed by atoms with E-state index in [4.69, 9.17) is 5.53 Å². The number of nitrogens with zero attached hydrogens (tertiary/aromatic N) is 7. The van der Waals surface area contributed by atoms with Crippen LogP contribution in [-0.4, -0.2) is 19.7 Å². The van der Waals surface area contributed by atoms with E-state index in [1.165, 1.54) is 6.33 Å². The van der Waals surface area contributed by atoms with Gasteiger partial charge in [-0.15, -0.1) is 0 Å². The Hall–Kier alpha value is -2.40. The van der Waals surface area contributed by atoms with E-state index in [0.29, 0.717) is 12.4 Å². The fraction of sp³-hybridized carbons (Fsp3) is 0.125. The van der Waals surface area contributed by atoms with Gasteiger partial charge in [0.15, 0.2) is 5.82 Å². The summed E-state index contributed by atoms with van der Waals surface area (Å²) in [7, 11) is 0. The molecule has 15 heavy (non-hydrogen) atoms. The largest absolute Gasteiger partial charge is 0.237 e. The van der Waals surface area contributed by atoms with E-state index in [-0.39, 0.29) is 0 Å². The predicted molar refractivity (Wildman–Crippen MR) is 52.0 cm³/mol. The highest BCUT2D eigenvalue weighted by atomic mass is 15.3. The van der Waals surface area contributed by atoms with Crippen molar-refractivity contribution in [3.05, 3.63) is 47.0 Å². The van der Waals surface area contributed by atoms with Crippen LogP contribution < -0.4 is 0 Å². The van der Waals surface area contributed by atoms with Gasteiger partial charge in [-0.05, 0) is 17.2 Å². The molecule has 0 aliphatic carbocycles. The van der Waals surface area contributed by atoms with Crippen molar-refractivity contribution in [2.24, 2.45) is 5.11 Å². The third-order valence-electron chi connectivity index (χ3n) is 1.78. The lowest BCUT2D eigenvalue weighted by molar-refractivity contribution is 0.840. The van der Waals surface area contributed by atoms with Gasteiger partial charge in [-0.2, -0.15) is 5.10 Å². The second kappa shape index (κ2) is 4.21. The van der Waals surface area contributed by atoms with Crippen LogP contribution in [0.1, 0.15) is 5.56 Å². The standard InChI is InChI=1S/C8H7N7/c9-14-12-4-7-1-2-8(11-3-7)15-6-10-5-13-15/h1-3,5-6H,4H2. The first kappa shape index (κ1) is 9.17. The summed E-state index contributed by atoms with van der Waals surface area (Å²) in [5.41, 5.74) is 9.01. The molecule has 7 nitrogen and oxygen atoms in total. The number of rotatable bonds is 3. The van der Waals surface area contributed by atoms with Gasteiger partial charge in [0.05, 0.1) is 6.54 Å². The maximum absolute atomic E-state index is 8.15. The van der Waals surface area contributed by atoms with Crippen molar-refractivity contribution in [2.45, 2.75) is 6.54 Å². The number of azide groups is 1. The molecule has 0 N–H and O–H groups in total. The van der Waals surface area contributed by atoms with E-state index < -0.39 is 0 Å². The topological polar surface area (TPSA) is 92.4 Å². The van der Waals surface area contributed by atoms with Gasteiger partial charge in [0.25, 0.3) is 0 Å². The van der Waals surface area contributed by atoms with Crippen LogP contribution in [0.4, 0.5) is 0 Å². The molecule has 0 saturated heterocycles. The Bertz CT molecular complexity index is 466. The van der Waals surface area contributed by atoms with Gasteiger partial charge in [0.1, 0.15) is 12.7 Å². The lowest BCUT2D eigenvalue weighted by Crippen LogP contribution is -1.97. The fourth-order valence-corrected chi connectivity index (χ4v) is 1.09. The molecule has 2 aromatic rings. The predicted octanol–water partition coefficient (Wildman–Crippen LogP) is 1.47.